The number of carboxylic acids is 1. The zero-order valence-corrected chi connectivity index (χ0v) is 10.7. The number of para-hydroxylation sites is 1. The zero-order valence-electron chi connectivity index (χ0n) is 9.11. The third kappa shape index (κ3) is 2.16. The lowest BCUT2D eigenvalue weighted by molar-refractivity contribution is 0.0692. The molecule has 4 nitrogen and oxygen atoms in total. The number of nitrogens with zero attached hydrogens (tertiary/aromatic N) is 1. The van der Waals surface area contributed by atoms with Crippen molar-refractivity contribution in [3.05, 3.63) is 40.0 Å². The predicted molar refractivity (Wildman–Crippen MR) is 67.1 cm³/mol. The second-order valence-electron chi connectivity index (χ2n) is 3.52. The van der Waals surface area contributed by atoms with Crippen molar-refractivity contribution in [1.82, 2.24) is 4.98 Å². The van der Waals surface area contributed by atoms with Crippen molar-refractivity contribution >= 4 is 32.8 Å². The molecule has 0 spiro atoms. The summed E-state index contributed by atoms with van der Waals surface area (Å²) in [4.78, 5) is 15.3. The molecule has 0 saturated carbocycles. The Morgan fingerprint density at radius 3 is 2.94 bits per heavy atom. The number of aromatic carboxylic acids is 1. The van der Waals surface area contributed by atoms with Crippen LogP contribution in [0.1, 0.15) is 15.9 Å². The number of hydrogen-bond donors (Lipinski definition) is 1. The van der Waals surface area contributed by atoms with Gasteiger partial charge in [0.25, 0.3) is 0 Å². The molecule has 2 aromatic rings. The molecule has 0 aliphatic carbocycles. The van der Waals surface area contributed by atoms with E-state index in [1.807, 2.05) is 18.2 Å². The first kappa shape index (κ1) is 12.0. The van der Waals surface area contributed by atoms with Gasteiger partial charge in [0.2, 0.25) is 0 Å². The van der Waals surface area contributed by atoms with E-state index in [-0.39, 0.29) is 12.2 Å². The Bertz CT molecular complexity index is 583. The standard InChI is InChI=1S/C12H10BrNO3/c1-17-6-9-7-3-2-4-10(13)11(7)14-5-8(9)12(15)16/h2-5H,6H2,1H3,(H,15,16). The van der Waals surface area contributed by atoms with Crippen molar-refractivity contribution in [2.45, 2.75) is 6.61 Å². The van der Waals surface area contributed by atoms with E-state index in [1.54, 1.807) is 0 Å². The average Bonchev–Trinajstić information content (AvgIpc) is 2.30. The molecule has 1 aromatic heterocycles. The molecule has 0 saturated heterocycles. The van der Waals surface area contributed by atoms with Crippen LogP contribution in [0.2, 0.25) is 0 Å². The van der Waals surface area contributed by atoms with Gasteiger partial charge in [-0.15, -0.1) is 0 Å². The molecule has 17 heavy (non-hydrogen) atoms. The first-order valence-corrected chi connectivity index (χ1v) is 5.72. The van der Waals surface area contributed by atoms with Gasteiger partial charge in [0.1, 0.15) is 0 Å². The minimum absolute atomic E-state index is 0.178. The van der Waals surface area contributed by atoms with Crippen LogP contribution in [0.3, 0.4) is 0 Å². The molecule has 0 aliphatic rings. The van der Waals surface area contributed by atoms with E-state index in [0.717, 1.165) is 15.4 Å². The van der Waals surface area contributed by atoms with Gasteiger partial charge in [-0.2, -0.15) is 0 Å². The van der Waals surface area contributed by atoms with Gasteiger partial charge in [-0.1, -0.05) is 12.1 Å². The van der Waals surface area contributed by atoms with Gasteiger partial charge < -0.3 is 9.84 Å². The van der Waals surface area contributed by atoms with Crippen LogP contribution in [0.4, 0.5) is 0 Å². The number of aromatic nitrogens is 1. The number of methoxy groups -OCH3 is 1. The Hall–Kier alpha value is -1.46. The Balaban J connectivity index is 2.79. The zero-order chi connectivity index (χ0) is 12.4. The summed E-state index contributed by atoms with van der Waals surface area (Å²) in [5.74, 6) is -0.994. The fourth-order valence-electron chi connectivity index (χ4n) is 1.73. The van der Waals surface area contributed by atoms with Crippen LogP contribution < -0.4 is 0 Å². The molecular formula is C12H10BrNO3. The second-order valence-corrected chi connectivity index (χ2v) is 4.38. The van der Waals surface area contributed by atoms with Crippen LogP contribution in [0.5, 0.6) is 0 Å². The highest BCUT2D eigenvalue weighted by Crippen LogP contribution is 2.27. The summed E-state index contributed by atoms with van der Waals surface area (Å²) in [7, 11) is 1.54. The molecule has 0 unspecified atom stereocenters. The van der Waals surface area contributed by atoms with E-state index >= 15 is 0 Å². The molecule has 1 N–H and O–H groups in total. The smallest absolute Gasteiger partial charge is 0.337 e. The first-order chi connectivity index (χ1) is 8.15. The maximum atomic E-state index is 11.1. The van der Waals surface area contributed by atoms with Crippen molar-refractivity contribution in [3.8, 4) is 0 Å². The molecule has 0 amide bonds. The minimum Gasteiger partial charge on any atom is -0.478 e. The number of halogens is 1. The lowest BCUT2D eigenvalue weighted by Gasteiger charge is -2.09. The van der Waals surface area contributed by atoms with Crippen LogP contribution in [-0.2, 0) is 11.3 Å². The molecule has 1 aromatic carbocycles. The summed E-state index contributed by atoms with van der Waals surface area (Å²) >= 11 is 3.39. The van der Waals surface area contributed by atoms with Gasteiger partial charge in [0.15, 0.2) is 0 Å². The SMILES string of the molecule is COCc1c(C(=O)O)cnc2c(Br)cccc12. The topological polar surface area (TPSA) is 59.4 Å². The van der Waals surface area contributed by atoms with Gasteiger partial charge in [-0.05, 0) is 22.0 Å². The quantitative estimate of drug-likeness (QED) is 0.946. The van der Waals surface area contributed by atoms with Crippen molar-refractivity contribution < 1.29 is 14.6 Å². The van der Waals surface area contributed by atoms with Crippen LogP contribution in [-0.4, -0.2) is 23.2 Å². The monoisotopic (exact) mass is 295 g/mol. The normalized spacial score (nSPS) is 10.7. The van der Waals surface area contributed by atoms with E-state index in [4.69, 9.17) is 9.84 Å². The number of rotatable bonds is 3. The number of pyridine rings is 1. The summed E-state index contributed by atoms with van der Waals surface area (Å²) in [5, 5.41) is 9.91. The number of hydrogen-bond acceptors (Lipinski definition) is 3. The highest BCUT2D eigenvalue weighted by molar-refractivity contribution is 9.10. The Kier molecular flexibility index (Phi) is 3.40. The summed E-state index contributed by atoms with van der Waals surface area (Å²) in [6.45, 7) is 0.247. The number of carboxylic acid groups (broad SMARTS) is 1. The van der Waals surface area contributed by atoms with Crippen LogP contribution in [0.15, 0.2) is 28.9 Å². The summed E-state index contributed by atoms with van der Waals surface area (Å²) in [5.41, 5.74) is 1.56. The molecule has 0 fully saturated rings. The fourth-order valence-corrected chi connectivity index (χ4v) is 2.19. The number of carbonyl (C=O) groups is 1. The molecule has 0 bridgehead atoms. The highest BCUT2D eigenvalue weighted by Gasteiger charge is 2.15. The Morgan fingerprint density at radius 1 is 1.53 bits per heavy atom. The minimum atomic E-state index is -0.994. The van der Waals surface area contributed by atoms with Crippen molar-refractivity contribution in [2.24, 2.45) is 0 Å². The van der Waals surface area contributed by atoms with Crippen LogP contribution >= 0.6 is 15.9 Å². The fraction of sp³-hybridized carbons (Fsp3) is 0.167. The molecule has 88 valence electrons. The predicted octanol–water partition coefficient (Wildman–Crippen LogP) is 2.84. The highest BCUT2D eigenvalue weighted by atomic mass is 79.9. The molecule has 0 radical (unpaired) electrons. The van der Waals surface area contributed by atoms with Crippen molar-refractivity contribution in [2.75, 3.05) is 7.11 Å². The van der Waals surface area contributed by atoms with Crippen LogP contribution in [0, 0.1) is 0 Å². The Labute approximate surface area is 106 Å². The largest absolute Gasteiger partial charge is 0.478 e. The van der Waals surface area contributed by atoms with E-state index in [9.17, 15) is 4.79 Å². The maximum absolute atomic E-state index is 11.1. The summed E-state index contributed by atoms with van der Waals surface area (Å²) in [6.07, 6.45) is 1.36. The molecule has 0 atom stereocenters. The summed E-state index contributed by atoms with van der Waals surface area (Å²) < 4.78 is 5.90. The molecule has 0 aliphatic heterocycles. The molecule has 2 rings (SSSR count). The lowest BCUT2D eigenvalue weighted by Crippen LogP contribution is -2.05. The lowest BCUT2D eigenvalue weighted by atomic mass is 10.0. The maximum Gasteiger partial charge on any atom is 0.337 e. The van der Waals surface area contributed by atoms with E-state index in [1.165, 1.54) is 13.3 Å². The van der Waals surface area contributed by atoms with Crippen LogP contribution in [0.25, 0.3) is 10.9 Å². The number of benzene rings is 1. The first-order valence-electron chi connectivity index (χ1n) is 4.93. The average molecular weight is 296 g/mol. The third-order valence-electron chi connectivity index (χ3n) is 2.48. The number of fused-ring (bicyclic) bond motifs is 1. The van der Waals surface area contributed by atoms with Gasteiger partial charge >= 0.3 is 5.97 Å². The van der Waals surface area contributed by atoms with Crippen molar-refractivity contribution in [3.63, 3.8) is 0 Å². The number of ether oxygens (including phenoxy) is 1. The third-order valence-corrected chi connectivity index (χ3v) is 3.12. The van der Waals surface area contributed by atoms with Gasteiger partial charge in [0.05, 0.1) is 17.7 Å². The van der Waals surface area contributed by atoms with Gasteiger partial charge in [-0.25, -0.2) is 4.79 Å². The van der Waals surface area contributed by atoms with E-state index in [2.05, 4.69) is 20.9 Å². The van der Waals surface area contributed by atoms with Gasteiger partial charge in [-0.3, -0.25) is 4.98 Å². The van der Waals surface area contributed by atoms with E-state index < -0.39 is 5.97 Å². The van der Waals surface area contributed by atoms with Crippen molar-refractivity contribution in [1.29, 1.82) is 0 Å². The molecule has 5 heteroatoms. The summed E-state index contributed by atoms with van der Waals surface area (Å²) in [6, 6.07) is 5.55. The second kappa shape index (κ2) is 4.81. The molecule has 1 heterocycles. The molecular weight excluding hydrogens is 286 g/mol. The Morgan fingerprint density at radius 2 is 2.29 bits per heavy atom. The van der Waals surface area contributed by atoms with Gasteiger partial charge in [0, 0.05) is 28.7 Å². The van der Waals surface area contributed by atoms with E-state index in [0.29, 0.717) is 5.56 Å².